The van der Waals surface area contributed by atoms with Gasteiger partial charge in [0.15, 0.2) is 0 Å². The van der Waals surface area contributed by atoms with E-state index >= 15 is 0 Å². The minimum Gasteiger partial charge on any atom is -0.493 e. The molecule has 1 heterocycles. The fraction of sp³-hybridized carbons (Fsp3) is 0.600. The molecule has 0 radical (unpaired) electrons. The van der Waals surface area contributed by atoms with E-state index in [4.69, 9.17) is 9.72 Å². The molecule has 2 aromatic rings. The molecule has 4 aliphatic rings. The van der Waals surface area contributed by atoms with E-state index in [2.05, 4.69) is 11.8 Å². The lowest BCUT2D eigenvalue weighted by atomic mass is 9.52. The molecule has 4 aliphatic carbocycles. The zero-order valence-corrected chi connectivity index (χ0v) is 18.9. The van der Waals surface area contributed by atoms with E-state index in [0.29, 0.717) is 13.0 Å². The normalized spacial score (nSPS) is 29.2. The van der Waals surface area contributed by atoms with Gasteiger partial charge in [-0.05, 0) is 82.3 Å². The highest BCUT2D eigenvalue weighted by Crippen LogP contribution is 2.57. The summed E-state index contributed by atoms with van der Waals surface area (Å²) in [6.45, 7) is 5.59. The molecule has 1 aromatic heterocycles. The highest BCUT2D eigenvalue weighted by Gasteiger charge is 2.54. The van der Waals surface area contributed by atoms with Crippen LogP contribution in [0.4, 0.5) is 0 Å². The molecule has 1 amide bonds. The number of likely N-dealkylation sites (N-methyl/N-ethyl adjacent to an activating group) is 1. The van der Waals surface area contributed by atoms with Crippen molar-refractivity contribution in [1.82, 2.24) is 9.88 Å². The molecule has 5 heteroatoms. The molecular weight excluding hydrogens is 392 g/mol. The van der Waals surface area contributed by atoms with Crippen molar-refractivity contribution < 1.29 is 9.53 Å². The molecule has 4 fully saturated rings. The molecule has 4 nitrogen and oxygen atoms in total. The molecule has 0 spiro atoms. The maximum atomic E-state index is 13.4. The second-order valence-corrected chi connectivity index (χ2v) is 10.4. The van der Waals surface area contributed by atoms with Crippen molar-refractivity contribution in [3.63, 3.8) is 0 Å². The van der Waals surface area contributed by atoms with E-state index in [1.54, 1.807) is 11.3 Å². The summed E-state index contributed by atoms with van der Waals surface area (Å²) in [5.74, 6) is 3.66. The zero-order valence-electron chi connectivity index (χ0n) is 18.1. The Morgan fingerprint density at radius 1 is 1.13 bits per heavy atom. The average Bonchev–Trinajstić information content (AvgIpc) is 3.16. The summed E-state index contributed by atoms with van der Waals surface area (Å²) in [7, 11) is 0. The van der Waals surface area contributed by atoms with Gasteiger partial charge in [0.25, 0.3) is 0 Å². The Hall–Kier alpha value is -1.88. The first-order valence-corrected chi connectivity index (χ1v) is 12.4. The van der Waals surface area contributed by atoms with E-state index in [0.717, 1.165) is 46.3 Å². The van der Waals surface area contributed by atoms with Crippen molar-refractivity contribution in [2.24, 2.45) is 17.8 Å². The fourth-order valence-corrected chi connectivity index (χ4v) is 7.71. The van der Waals surface area contributed by atoms with Crippen LogP contribution >= 0.6 is 11.3 Å². The number of nitrogens with zero attached hydrogens (tertiary/aromatic N) is 2. The van der Waals surface area contributed by atoms with E-state index in [1.165, 1.54) is 38.5 Å². The number of rotatable bonds is 7. The Bertz CT molecular complexity index is 886. The molecule has 30 heavy (non-hydrogen) atoms. The van der Waals surface area contributed by atoms with Gasteiger partial charge in [-0.2, -0.15) is 0 Å². The molecule has 160 valence electrons. The zero-order chi connectivity index (χ0) is 20.7. The Balaban J connectivity index is 1.33. The van der Waals surface area contributed by atoms with Gasteiger partial charge in [0.1, 0.15) is 10.8 Å². The molecule has 1 aromatic carbocycles. The summed E-state index contributed by atoms with van der Waals surface area (Å²) >= 11 is 1.60. The number of carbonyl (C=O) groups excluding carboxylic acids is 1. The lowest BCUT2D eigenvalue weighted by molar-refractivity contribution is -0.149. The monoisotopic (exact) mass is 424 g/mol. The maximum Gasteiger partial charge on any atom is 0.229 e. The van der Waals surface area contributed by atoms with Crippen LogP contribution in [0.25, 0.3) is 10.6 Å². The summed E-state index contributed by atoms with van der Waals surface area (Å²) in [5, 5.41) is 2.98. The predicted molar refractivity (Wildman–Crippen MR) is 121 cm³/mol. The Morgan fingerprint density at radius 3 is 2.43 bits per heavy atom. The highest BCUT2D eigenvalue weighted by atomic mass is 32.1. The third-order valence-corrected chi connectivity index (χ3v) is 8.42. The first-order valence-electron chi connectivity index (χ1n) is 11.6. The van der Waals surface area contributed by atoms with Crippen LogP contribution in [0.5, 0.6) is 5.75 Å². The van der Waals surface area contributed by atoms with Crippen molar-refractivity contribution >= 4 is 17.2 Å². The summed E-state index contributed by atoms with van der Waals surface area (Å²) in [6, 6.07) is 8.02. The Kier molecular flexibility index (Phi) is 5.34. The lowest BCUT2D eigenvalue weighted by Crippen LogP contribution is -2.61. The van der Waals surface area contributed by atoms with E-state index in [9.17, 15) is 4.79 Å². The predicted octanol–water partition coefficient (Wildman–Crippen LogP) is 5.57. The third kappa shape index (κ3) is 3.55. The van der Waals surface area contributed by atoms with Crippen molar-refractivity contribution in [1.29, 1.82) is 0 Å². The van der Waals surface area contributed by atoms with Crippen LogP contribution in [0.3, 0.4) is 0 Å². The number of thiazole rings is 1. The third-order valence-electron chi connectivity index (χ3n) is 7.50. The summed E-state index contributed by atoms with van der Waals surface area (Å²) in [6.07, 6.45) is 8.29. The van der Waals surface area contributed by atoms with Gasteiger partial charge < -0.3 is 9.64 Å². The van der Waals surface area contributed by atoms with Crippen LogP contribution < -0.4 is 4.74 Å². The number of hydrogen-bond donors (Lipinski definition) is 0. The molecule has 4 saturated carbocycles. The molecule has 6 rings (SSSR count). The van der Waals surface area contributed by atoms with Crippen LogP contribution in [-0.4, -0.2) is 34.5 Å². The number of hydrogen-bond acceptors (Lipinski definition) is 4. The molecule has 0 unspecified atom stereocenters. The van der Waals surface area contributed by atoms with Crippen LogP contribution in [-0.2, 0) is 11.2 Å². The second kappa shape index (κ2) is 7.99. The fourth-order valence-electron chi connectivity index (χ4n) is 6.86. The average molecular weight is 425 g/mol. The van der Waals surface area contributed by atoms with Gasteiger partial charge in [0, 0.05) is 17.5 Å². The number of carbonyl (C=O) groups is 1. The van der Waals surface area contributed by atoms with Crippen molar-refractivity contribution in [2.45, 2.75) is 64.3 Å². The molecule has 0 saturated heterocycles. The molecular formula is C25H32N2O2S. The summed E-state index contributed by atoms with van der Waals surface area (Å²) < 4.78 is 5.77. The molecule has 4 bridgehead atoms. The largest absolute Gasteiger partial charge is 0.493 e. The quantitative estimate of drug-likeness (QED) is 0.584. The van der Waals surface area contributed by atoms with Crippen LogP contribution in [0.2, 0.25) is 0 Å². The Morgan fingerprint density at radius 2 is 1.80 bits per heavy atom. The molecule has 0 atom stereocenters. The maximum absolute atomic E-state index is 13.4. The second-order valence-electron chi connectivity index (χ2n) is 9.53. The summed E-state index contributed by atoms with van der Waals surface area (Å²) in [5.41, 5.74) is 2.02. The number of amides is 1. The topological polar surface area (TPSA) is 42.4 Å². The number of para-hydroxylation sites is 1. The smallest absolute Gasteiger partial charge is 0.229 e. The number of ether oxygens (including phenoxy) is 1. The van der Waals surface area contributed by atoms with Crippen molar-refractivity contribution in [2.75, 3.05) is 13.2 Å². The minimum atomic E-state index is 0.126. The van der Waals surface area contributed by atoms with Gasteiger partial charge in [0.05, 0.1) is 24.3 Å². The van der Waals surface area contributed by atoms with Crippen molar-refractivity contribution in [3.05, 3.63) is 35.3 Å². The SMILES string of the molecule is CCOc1ccccc1-c1nc(CC(=O)N(CC)C23CC4CC(CC(C4)C2)C3)cs1. The van der Waals surface area contributed by atoms with E-state index in [-0.39, 0.29) is 11.4 Å². The number of benzene rings is 1. The standard InChI is InChI=1S/C25H32N2O2S/c1-3-27(25-13-17-9-18(14-25)11-19(10-17)15-25)23(28)12-20-16-30-24(26-20)21-7-5-6-8-22(21)29-4-2/h5-8,16-19H,3-4,9-15H2,1-2H3. The van der Waals surface area contributed by atoms with Gasteiger partial charge in [0.2, 0.25) is 5.91 Å². The lowest BCUT2D eigenvalue weighted by Gasteiger charge is -2.60. The van der Waals surface area contributed by atoms with E-state index < -0.39 is 0 Å². The molecule has 0 aliphatic heterocycles. The van der Waals surface area contributed by atoms with Gasteiger partial charge in [-0.15, -0.1) is 11.3 Å². The first kappa shape index (κ1) is 20.0. The van der Waals surface area contributed by atoms with E-state index in [1.807, 2.05) is 36.6 Å². The van der Waals surface area contributed by atoms with Gasteiger partial charge in [-0.3, -0.25) is 4.79 Å². The van der Waals surface area contributed by atoms with Crippen molar-refractivity contribution in [3.8, 4) is 16.3 Å². The van der Waals surface area contributed by atoms with Crippen LogP contribution in [0.1, 0.15) is 58.1 Å². The van der Waals surface area contributed by atoms with Gasteiger partial charge in [-0.25, -0.2) is 4.98 Å². The van der Waals surface area contributed by atoms with Crippen LogP contribution in [0, 0.1) is 17.8 Å². The molecule has 0 N–H and O–H groups in total. The summed E-state index contributed by atoms with van der Waals surface area (Å²) in [4.78, 5) is 20.5. The van der Waals surface area contributed by atoms with Gasteiger partial charge >= 0.3 is 0 Å². The van der Waals surface area contributed by atoms with Crippen LogP contribution in [0.15, 0.2) is 29.6 Å². The first-order chi connectivity index (χ1) is 14.6. The van der Waals surface area contributed by atoms with Gasteiger partial charge in [-0.1, -0.05) is 12.1 Å². The number of aromatic nitrogens is 1. The Labute approximate surface area is 183 Å². The highest BCUT2D eigenvalue weighted by molar-refractivity contribution is 7.13. The minimum absolute atomic E-state index is 0.126.